The smallest absolute Gasteiger partial charge is 0.223 e. The van der Waals surface area contributed by atoms with Gasteiger partial charge in [0.15, 0.2) is 0 Å². The van der Waals surface area contributed by atoms with Gasteiger partial charge in [0.2, 0.25) is 5.91 Å². The maximum atomic E-state index is 13.6. The summed E-state index contributed by atoms with van der Waals surface area (Å²) in [4.78, 5) is 13.2. The first kappa shape index (κ1) is 14.2. The molecule has 0 N–H and O–H groups in total. The molecule has 0 saturated heterocycles. The molecule has 0 aliphatic heterocycles. The van der Waals surface area contributed by atoms with Crippen LogP contribution in [0.3, 0.4) is 0 Å². The van der Waals surface area contributed by atoms with Crippen molar-refractivity contribution in [1.29, 1.82) is 5.26 Å². The molecule has 3 nitrogen and oxygen atoms in total. The van der Waals surface area contributed by atoms with E-state index in [-0.39, 0.29) is 17.4 Å². The highest BCUT2D eigenvalue weighted by molar-refractivity contribution is 5.77. The molecule has 0 spiro atoms. The minimum atomic E-state index is -0.877. The first-order valence-corrected chi connectivity index (χ1v) is 5.87. The normalized spacial score (nSPS) is 12.0. The van der Waals surface area contributed by atoms with E-state index in [1.165, 1.54) is 24.1 Å². The summed E-state index contributed by atoms with van der Waals surface area (Å²) in [6, 6.07) is 7.14. The number of carbonyl (C=O) groups excluding carboxylic acids is 1. The highest BCUT2D eigenvalue weighted by Gasteiger charge is 2.23. The van der Waals surface area contributed by atoms with Gasteiger partial charge in [-0.3, -0.25) is 4.79 Å². The predicted octanol–water partition coefficient (Wildman–Crippen LogP) is 2.89. The summed E-state index contributed by atoms with van der Waals surface area (Å²) < 4.78 is 13.6. The largest absolute Gasteiger partial charge is 0.326 e. The van der Waals surface area contributed by atoms with Crippen molar-refractivity contribution in [2.45, 2.75) is 26.3 Å². The van der Waals surface area contributed by atoms with Crippen molar-refractivity contribution in [3.8, 4) is 6.07 Å². The van der Waals surface area contributed by atoms with E-state index in [0.29, 0.717) is 6.42 Å². The lowest BCUT2D eigenvalue weighted by molar-refractivity contribution is -0.131. The van der Waals surface area contributed by atoms with Gasteiger partial charge in [0.05, 0.1) is 6.07 Å². The lowest BCUT2D eigenvalue weighted by atomic mass is 10.0. The van der Waals surface area contributed by atoms with E-state index in [2.05, 4.69) is 0 Å². The Hall–Kier alpha value is -1.89. The standard InChI is InChI=1S/C14H17FN2O/c1-10(2)8-14(18)17(3)13(9-16)11-6-4-5-7-12(11)15/h4-7,10,13H,8H2,1-3H3. The van der Waals surface area contributed by atoms with Gasteiger partial charge in [-0.1, -0.05) is 32.0 Å². The molecule has 0 aliphatic carbocycles. The summed E-state index contributed by atoms with van der Waals surface area (Å²) in [5.41, 5.74) is 0.236. The molecule has 0 fully saturated rings. The molecule has 18 heavy (non-hydrogen) atoms. The van der Waals surface area contributed by atoms with Gasteiger partial charge in [-0.2, -0.15) is 5.26 Å². The third-order valence-electron chi connectivity index (χ3n) is 2.69. The van der Waals surface area contributed by atoms with Crippen LogP contribution in [0.2, 0.25) is 0 Å². The van der Waals surface area contributed by atoms with Crippen molar-refractivity contribution in [2.75, 3.05) is 7.05 Å². The van der Waals surface area contributed by atoms with Gasteiger partial charge < -0.3 is 4.90 Å². The molecule has 4 heteroatoms. The Morgan fingerprint density at radius 1 is 1.44 bits per heavy atom. The number of rotatable bonds is 4. The van der Waals surface area contributed by atoms with Crippen molar-refractivity contribution in [2.24, 2.45) is 5.92 Å². The Morgan fingerprint density at radius 2 is 2.06 bits per heavy atom. The number of nitrogens with zero attached hydrogens (tertiary/aromatic N) is 2. The fraction of sp³-hybridized carbons (Fsp3) is 0.429. The summed E-state index contributed by atoms with van der Waals surface area (Å²) in [5, 5.41) is 9.15. The van der Waals surface area contributed by atoms with Gasteiger partial charge in [-0.05, 0) is 12.0 Å². The molecule has 0 aromatic heterocycles. The van der Waals surface area contributed by atoms with Crippen molar-refractivity contribution in [1.82, 2.24) is 4.90 Å². The van der Waals surface area contributed by atoms with Crippen LogP contribution in [0.5, 0.6) is 0 Å². The van der Waals surface area contributed by atoms with E-state index in [4.69, 9.17) is 5.26 Å². The van der Waals surface area contributed by atoms with E-state index in [1.807, 2.05) is 19.9 Å². The molecule has 1 aromatic rings. The zero-order chi connectivity index (χ0) is 13.7. The second kappa shape index (κ2) is 6.15. The van der Waals surface area contributed by atoms with Gasteiger partial charge in [0, 0.05) is 19.0 Å². The van der Waals surface area contributed by atoms with E-state index < -0.39 is 11.9 Å². The fourth-order valence-electron chi connectivity index (χ4n) is 1.70. The van der Waals surface area contributed by atoms with Crippen molar-refractivity contribution < 1.29 is 9.18 Å². The minimum absolute atomic E-state index is 0.153. The molecule has 0 saturated carbocycles. The average Bonchev–Trinajstić information content (AvgIpc) is 2.31. The third kappa shape index (κ3) is 3.30. The summed E-state index contributed by atoms with van der Waals surface area (Å²) in [6.07, 6.45) is 0.350. The number of hydrogen-bond donors (Lipinski definition) is 0. The first-order valence-electron chi connectivity index (χ1n) is 5.87. The number of amides is 1. The Bertz CT molecular complexity index is 465. The molecule has 1 atom stereocenters. The molecule has 0 heterocycles. The van der Waals surface area contributed by atoms with Crippen LogP contribution < -0.4 is 0 Å². The molecule has 1 aromatic carbocycles. The van der Waals surface area contributed by atoms with Crippen LogP contribution >= 0.6 is 0 Å². The molecule has 0 radical (unpaired) electrons. The first-order chi connectivity index (χ1) is 8.47. The Morgan fingerprint density at radius 3 is 2.56 bits per heavy atom. The summed E-state index contributed by atoms with van der Waals surface area (Å²) in [6.45, 7) is 3.85. The second-order valence-corrected chi connectivity index (χ2v) is 4.66. The van der Waals surface area contributed by atoms with E-state index in [1.54, 1.807) is 12.1 Å². The maximum absolute atomic E-state index is 13.6. The van der Waals surface area contributed by atoms with Crippen LogP contribution in [0.15, 0.2) is 24.3 Å². The molecule has 96 valence electrons. The maximum Gasteiger partial charge on any atom is 0.223 e. The predicted molar refractivity (Wildman–Crippen MR) is 67.0 cm³/mol. The zero-order valence-corrected chi connectivity index (χ0v) is 10.9. The fourth-order valence-corrected chi connectivity index (χ4v) is 1.70. The van der Waals surface area contributed by atoms with Crippen LogP contribution in [0.4, 0.5) is 4.39 Å². The third-order valence-corrected chi connectivity index (χ3v) is 2.69. The van der Waals surface area contributed by atoms with Crippen LogP contribution in [0.1, 0.15) is 31.9 Å². The molecule has 1 unspecified atom stereocenters. The molecule has 1 rings (SSSR count). The molecule has 0 bridgehead atoms. The lowest BCUT2D eigenvalue weighted by Gasteiger charge is -2.24. The van der Waals surface area contributed by atoms with Crippen LogP contribution in [0, 0.1) is 23.1 Å². The number of carbonyl (C=O) groups is 1. The molecule has 1 amide bonds. The van der Waals surface area contributed by atoms with Gasteiger partial charge >= 0.3 is 0 Å². The van der Waals surface area contributed by atoms with E-state index >= 15 is 0 Å². The quantitative estimate of drug-likeness (QED) is 0.822. The molecular formula is C14H17FN2O. The highest BCUT2D eigenvalue weighted by atomic mass is 19.1. The number of hydrogen-bond acceptors (Lipinski definition) is 2. The van der Waals surface area contributed by atoms with Gasteiger partial charge in [0.1, 0.15) is 11.9 Å². The number of nitriles is 1. The highest BCUT2D eigenvalue weighted by Crippen LogP contribution is 2.22. The zero-order valence-electron chi connectivity index (χ0n) is 10.9. The molecule has 0 aliphatic rings. The average molecular weight is 248 g/mol. The van der Waals surface area contributed by atoms with Gasteiger partial charge in [-0.15, -0.1) is 0 Å². The van der Waals surface area contributed by atoms with Gasteiger partial charge in [0.25, 0.3) is 0 Å². The SMILES string of the molecule is CC(C)CC(=O)N(C)C(C#N)c1ccccc1F. The monoisotopic (exact) mass is 248 g/mol. The minimum Gasteiger partial charge on any atom is -0.326 e. The number of halogens is 1. The van der Waals surface area contributed by atoms with Crippen molar-refractivity contribution in [3.05, 3.63) is 35.6 Å². The van der Waals surface area contributed by atoms with Crippen LogP contribution in [0.25, 0.3) is 0 Å². The van der Waals surface area contributed by atoms with Gasteiger partial charge in [-0.25, -0.2) is 4.39 Å². The molecular weight excluding hydrogens is 231 g/mol. The Labute approximate surface area is 107 Å². The summed E-state index contributed by atoms with van der Waals surface area (Å²) in [7, 11) is 1.53. The van der Waals surface area contributed by atoms with E-state index in [0.717, 1.165) is 0 Å². The second-order valence-electron chi connectivity index (χ2n) is 4.66. The number of benzene rings is 1. The Balaban J connectivity index is 2.95. The summed E-state index contributed by atoms with van der Waals surface area (Å²) >= 11 is 0. The van der Waals surface area contributed by atoms with Crippen LogP contribution in [-0.2, 0) is 4.79 Å². The van der Waals surface area contributed by atoms with Crippen LogP contribution in [-0.4, -0.2) is 17.9 Å². The lowest BCUT2D eigenvalue weighted by Crippen LogP contribution is -2.31. The summed E-state index contributed by atoms with van der Waals surface area (Å²) in [5.74, 6) is -0.409. The van der Waals surface area contributed by atoms with Crippen molar-refractivity contribution >= 4 is 5.91 Å². The topological polar surface area (TPSA) is 44.1 Å². The van der Waals surface area contributed by atoms with Crippen molar-refractivity contribution in [3.63, 3.8) is 0 Å². The Kier molecular flexibility index (Phi) is 4.85. The van der Waals surface area contributed by atoms with E-state index in [9.17, 15) is 9.18 Å².